The van der Waals surface area contributed by atoms with Gasteiger partial charge in [-0.3, -0.25) is 9.89 Å². The predicted molar refractivity (Wildman–Crippen MR) is 119 cm³/mol. The average molecular weight is 389 g/mol. The number of fused-ring (bicyclic) bond motifs is 2. The van der Waals surface area contributed by atoms with E-state index in [1.165, 1.54) is 25.7 Å². The molecule has 0 aromatic rings. The van der Waals surface area contributed by atoms with Gasteiger partial charge in [-0.1, -0.05) is 26.2 Å². The average Bonchev–Trinajstić information content (AvgIpc) is 2.65. The van der Waals surface area contributed by atoms with Crippen LogP contribution in [-0.4, -0.2) is 64.3 Å². The molecule has 0 amide bonds. The first kappa shape index (κ1) is 22.2. The van der Waals surface area contributed by atoms with Crippen molar-refractivity contribution in [2.24, 2.45) is 16.8 Å². The first-order chi connectivity index (χ1) is 12.9. The Balaban J connectivity index is 2.01. The highest BCUT2D eigenvalue weighted by Crippen LogP contribution is 2.45. The van der Waals surface area contributed by atoms with Crippen LogP contribution in [0.2, 0.25) is 0 Å². The van der Waals surface area contributed by atoms with Gasteiger partial charge in [-0.05, 0) is 80.3 Å². The van der Waals surface area contributed by atoms with Gasteiger partial charge in [0.25, 0.3) is 0 Å². The van der Waals surface area contributed by atoms with Crippen molar-refractivity contribution in [2.45, 2.75) is 116 Å². The minimum atomic E-state index is -0.422. The van der Waals surface area contributed by atoms with E-state index in [9.17, 15) is 5.73 Å². The Morgan fingerprint density at radius 1 is 0.893 bits per heavy atom. The molecule has 2 bridgehead atoms. The predicted octanol–water partition coefficient (Wildman–Crippen LogP) is 4.44. The third kappa shape index (κ3) is 3.58. The van der Waals surface area contributed by atoms with E-state index >= 15 is 0 Å². The van der Waals surface area contributed by atoms with Gasteiger partial charge in [0.05, 0.1) is 23.3 Å². The number of nitrogens with zero attached hydrogens (tertiary/aromatic N) is 4. The second-order valence-electron chi connectivity index (χ2n) is 11.4. The molecule has 0 aromatic carbocycles. The lowest BCUT2D eigenvalue weighted by atomic mass is 9.66. The van der Waals surface area contributed by atoms with Crippen LogP contribution in [0.1, 0.15) is 87.0 Å². The lowest BCUT2D eigenvalue weighted by Crippen LogP contribution is -2.72. The van der Waals surface area contributed by atoms with E-state index in [4.69, 9.17) is 4.99 Å². The van der Waals surface area contributed by atoms with Gasteiger partial charge in [0, 0.05) is 23.5 Å². The molecule has 4 nitrogen and oxygen atoms in total. The third-order valence-electron chi connectivity index (χ3n) is 8.95. The summed E-state index contributed by atoms with van der Waals surface area (Å²) in [6.07, 6.45) is 7.26. The summed E-state index contributed by atoms with van der Waals surface area (Å²) in [6.45, 7) is 18.5. The molecule has 3 heterocycles. The zero-order valence-electron chi connectivity index (χ0n) is 19.8. The zero-order chi connectivity index (χ0) is 20.9. The van der Waals surface area contributed by atoms with Crippen LogP contribution >= 0.6 is 0 Å². The van der Waals surface area contributed by atoms with Gasteiger partial charge < -0.3 is 4.90 Å². The van der Waals surface area contributed by atoms with Gasteiger partial charge in [0.2, 0.25) is 0 Å². The van der Waals surface area contributed by atoms with Crippen molar-refractivity contribution in [3.63, 3.8) is 0 Å². The molecular weight excluding hydrogens is 344 g/mol. The van der Waals surface area contributed by atoms with Crippen LogP contribution in [0.15, 0.2) is 4.99 Å². The van der Waals surface area contributed by atoms with Gasteiger partial charge in [-0.2, -0.15) is 0 Å². The monoisotopic (exact) mass is 388 g/mol. The summed E-state index contributed by atoms with van der Waals surface area (Å²) in [5, 5.41) is 0. The Morgan fingerprint density at radius 3 is 2.21 bits per heavy atom. The number of hydrogen-bond acceptors (Lipinski definition) is 3. The van der Waals surface area contributed by atoms with E-state index < -0.39 is 6.04 Å². The van der Waals surface area contributed by atoms with Crippen LogP contribution in [0.5, 0.6) is 0 Å². The van der Waals surface area contributed by atoms with Crippen LogP contribution in [0.3, 0.4) is 0 Å². The summed E-state index contributed by atoms with van der Waals surface area (Å²) in [6, 6.07) is -0.127. The highest BCUT2D eigenvalue weighted by atomic mass is 15.3. The Hall–Kier alpha value is -0.450. The third-order valence-corrected chi connectivity index (χ3v) is 8.95. The van der Waals surface area contributed by atoms with Gasteiger partial charge in [0.1, 0.15) is 0 Å². The maximum absolute atomic E-state index is 11.6. The lowest BCUT2D eigenvalue weighted by Gasteiger charge is -2.59. The summed E-state index contributed by atoms with van der Waals surface area (Å²) in [5.74, 6) is 0.742. The molecule has 160 valence electrons. The summed E-state index contributed by atoms with van der Waals surface area (Å²) in [4.78, 5) is 10.5. The maximum Gasteiger partial charge on any atom is 0.0875 e. The summed E-state index contributed by atoms with van der Waals surface area (Å²) < 4.78 is 0. The standard InChI is InChI=1S/C24H44N4/c1-17-19(14-16-27(8)22(17,2)3)26-21-20(25)18-13-11-9-10-12-15-28(23(18,4)5)24(21,6)7/h17-20H,9-16H2,1-8H3. The molecule has 0 saturated carbocycles. The molecule has 2 radical (unpaired) electrons. The fourth-order valence-corrected chi connectivity index (χ4v) is 6.34. The molecule has 4 heteroatoms. The largest absolute Gasteiger partial charge is 0.301 e. The first-order valence-electron chi connectivity index (χ1n) is 11.7. The molecule has 3 rings (SSSR count). The second kappa shape index (κ2) is 7.67. The van der Waals surface area contributed by atoms with Crippen molar-refractivity contribution in [1.82, 2.24) is 15.5 Å². The van der Waals surface area contributed by atoms with E-state index in [2.05, 4.69) is 65.3 Å². The molecule has 0 aliphatic carbocycles. The first-order valence-corrected chi connectivity index (χ1v) is 11.7. The molecule has 28 heavy (non-hydrogen) atoms. The van der Waals surface area contributed by atoms with Crippen LogP contribution in [0.25, 0.3) is 0 Å². The minimum Gasteiger partial charge on any atom is -0.301 e. The molecule has 3 aliphatic heterocycles. The van der Waals surface area contributed by atoms with Gasteiger partial charge in [0.15, 0.2) is 0 Å². The van der Waals surface area contributed by atoms with Crippen LogP contribution in [0.4, 0.5) is 0 Å². The highest BCUT2D eigenvalue weighted by Gasteiger charge is 2.55. The van der Waals surface area contributed by atoms with E-state index in [1.807, 2.05) is 0 Å². The normalized spacial score (nSPS) is 42.5. The van der Waals surface area contributed by atoms with E-state index in [1.54, 1.807) is 0 Å². The van der Waals surface area contributed by atoms with E-state index in [-0.39, 0.29) is 22.5 Å². The van der Waals surface area contributed by atoms with Gasteiger partial charge in [-0.15, -0.1) is 5.73 Å². The molecule has 3 saturated heterocycles. The molecule has 5 atom stereocenters. The minimum absolute atomic E-state index is 0.00391. The SMILES string of the molecule is CC1C(N=C2C([N])C3CCCCCCN(C2(C)C)C3(C)C)CCN(C)C1(C)C. The Bertz CT molecular complexity index is 591. The molecule has 3 fully saturated rings. The fraction of sp³-hybridized carbons (Fsp3) is 0.958. The molecule has 0 spiro atoms. The van der Waals surface area contributed by atoms with Crippen LogP contribution < -0.4 is 5.73 Å². The summed E-state index contributed by atoms with van der Waals surface area (Å²) >= 11 is 0. The number of piperidine rings is 2. The van der Waals surface area contributed by atoms with Crippen molar-refractivity contribution in [1.29, 1.82) is 0 Å². The number of aliphatic imine (C=N–C) groups is 1. The number of hydrogen-bond donors (Lipinski definition) is 0. The summed E-state index contributed by atoms with van der Waals surface area (Å²) in [7, 11) is 2.23. The Morgan fingerprint density at radius 2 is 1.54 bits per heavy atom. The second-order valence-corrected chi connectivity index (χ2v) is 11.4. The number of rotatable bonds is 1. The van der Waals surface area contributed by atoms with Crippen molar-refractivity contribution in [3.05, 3.63) is 0 Å². The van der Waals surface area contributed by atoms with Crippen molar-refractivity contribution < 1.29 is 0 Å². The molecule has 3 aliphatic rings. The Labute approximate surface area is 174 Å². The maximum atomic E-state index is 11.6. The lowest BCUT2D eigenvalue weighted by molar-refractivity contribution is -0.0177. The number of likely N-dealkylation sites (tertiary alicyclic amines) is 1. The molecular formula is C24H44N4. The highest BCUT2D eigenvalue weighted by molar-refractivity contribution is 5.98. The van der Waals surface area contributed by atoms with E-state index in [0.717, 1.165) is 31.6 Å². The van der Waals surface area contributed by atoms with E-state index in [0.29, 0.717) is 12.0 Å². The van der Waals surface area contributed by atoms with Crippen molar-refractivity contribution >= 4 is 5.71 Å². The van der Waals surface area contributed by atoms with Gasteiger partial charge in [-0.25, -0.2) is 0 Å². The summed E-state index contributed by atoms with van der Waals surface area (Å²) in [5.41, 5.74) is 12.6. The zero-order valence-corrected chi connectivity index (χ0v) is 19.8. The molecule has 0 N–H and O–H groups in total. The topological polar surface area (TPSA) is 41.1 Å². The Kier molecular flexibility index (Phi) is 6.09. The smallest absolute Gasteiger partial charge is 0.0875 e. The molecule has 0 aromatic heterocycles. The van der Waals surface area contributed by atoms with Crippen molar-refractivity contribution in [2.75, 3.05) is 20.1 Å². The van der Waals surface area contributed by atoms with Crippen molar-refractivity contribution in [3.8, 4) is 0 Å². The van der Waals surface area contributed by atoms with Crippen LogP contribution in [-0.2, 0) is 0 Å². The van der Waals surface area contributed by atoms with Crippen LogP contribution in [0, 0.1) is 11.8 Å². The molecule has 5 unspecified atom stereocenters. The fourth-order valence-electron chi connectivity index (χ4n) is 6.34. The quantitative estimate of drug-likeness (QED) is 0.666. The van der Waals surface area contributed by atoms with Gasteiger partial charge >= 0.3 is 0 Å².